The van der Waals surface area contributed by atoms with Gasteiger partial charge in [-0.2, -0.15) is 0 Å². The highest BCUT2D eigenvalue weighted by Gasteiger charge is 2.21. The van der Waals surface area contributed by atoms with Gasteiger partial charge in [0.05, 0.1) is 0 Å². The smallest absolute Gasteiger partial charge is 0.143 e. The van der Waals surface area contributed by atoms with Gasteiger partial charge in [0.15, 0.2) is 0 Å². The zero-order valence-corrected chi connectivity index (χ0v) is 25.9. The van der Waals surface area contributed by atoms with Crippen LogP contribution >= 0.6 is 0 Å². The second kappa shape index (κ2) is 10.9. The van der Waals surface area contributed by atoms with E-state index in [0.717, 1.165) is 71.3 Å². The van der Waals surface area contributed by atoms with E-state index < -0.39 is 0 Å². The van der Waals surface area contributed by atoms with Crippen molar-refractivity contribution < 1.29 is 4.42 Å². The summed E-state index contributed by atoms with van der Waals surface area (Å²) in [6, 6.07) is 44.3. The van der Waals surface area contributed by atoms with Gasteiger partial charge in [-0.05, 0) is 72.3 Å². The third kappa shape index (κ3) is 4.12. The minimum atomic E-state index is 0.197. The molecule has 0 N–H and O–H groups in total. The Morgan fingerprint density at radius 1 is 0.354 bits per heavy atom. The Bertz CT molecular complexity index is 2700. The summed E-state index contributed by atoms with van der Waals surface area (Å²) in [5.41, 5.74) is 8.83. The lowest BCUT2D eigenvalue weighted by Gasteiger charge is -2.25. The molecule has 0 amide bonds. The molecule has 1 aromatic heterocycles. The maximum atomic E-state index is 6.65. The number of rotatable bonds is 3. The summed E-state index contributed by atoms with van der Waals surface area (Å²) in [7, 11) is 32.2. The van der Waals surface area contributed by atoms with Crippen molar-refractivity contribution in [2.75, 3.05) is 0 Å². The summed E-state index contributed by atoms with van der Waals surface area (Å²) < 4.78 is 6.63. The predicted molar refractivity (Wildman–Crippen MR) is 209 cm³/mol. The van der Waals surface area contributed by atoms with Gasteiger partial charge in [0.1, 0.15) is 50.4 Å². The Morgan fingerprint density at radius 2 is 0.854 bits per heavy atom. The van der Waals surface area contributed by atoms with Gasteiger partial charge in [0.2, 0.25) is 0 Å². The maximum Gasteiger partial charge on any atom is 0.143 e. The molecule has 0 aliphatic carbocycles. The zero-order valence-electron chi connectivity index (χ0n) is 25.9. The predicted octanol–water partition coefficient (Wildman–Crippen LogP) is 6.02. The Labute approximate surface area is 285 Å². The van der Waals surface area contributed by atoms with Crippen LogP contribution in [0.3, 0.4) is 0 Å². The van der Waals surface area contributed by atoms with Crippen LogP contribution in [0.5, 0.6) is 0 Å². The van der Waals surface area contributed by atoms with Gasteiger partial charge in [-0.3, -0.25) is 0 Å². The molecule has 0 unspecified atom stereocenters. The molecule has 8 aromatic carbocycles. The molecule has 0 spiro atoms. The Morgan fingerprint density at radius 3 is 1.52 bits per heavy atom. The molecule has 10 radical (unpaired) electrons. The molecule has 0 aliphatic rings. The third-order valence-electron chi connectivity index (χ3n) is 9.75. The minimum absolute atomic E-state index is 0.197. The zero-order chi connectivity index (χ0) is 32.7. The van der Waals surface area contributed by atoms with Crippen molar-refractivity contribution in [3.63, 3.8) is 0 Å². The van der Waals surface area contributed by atoms with E-state index in [2.05, 4.69) is 103 Å². The highest BCUT2D eigenvalue weighted by Crippen LogP contribution is 2.45. The first-order chi connectivity index (χ1) is 23.4. The van der Waals surface area contributed by atoms with Crippen LogP contribution in [0.15, 0.2) is 132 Å². The maximum absolute atomic E-state index is 6.65. The topological polar surface area (TPSA) is 13.1 Å². The molecular formula is C42H21B5O. The second-order valence-electron chi connectivity index (χ2n) is 12.3. The normalized spacial score (nSPS) is 11.8. The number of benzene rings is 8. The fourth-order valence-corrected chi connectivity index (χ4v) is 7.45. The summed E-state index contributed by atoms with van der Waals surface area (Å²) in [5.74, 6) is 0. The van der Waals surface area contributed by atoms with Crippen LogP contribution in [0, 0.1) is 0 Å². The lowest BCUT2D eigenvalue weighted by atomic mass is 9.59. The van der Waals surface area contributed by atoms with Gasteiger partial charge in [0, 0.05) is 16.3 Å². The highest BCUT2D eigenvalue weighted by atomic mass is 16.3. The van der Waals surface area contributed by atoms with E-state index in [4.69, 9.17) is 43.6 Å². The molecule has 0 saturated carbocycles. The molecule has 0 atom stereocenters. The molecule has 210 valence electrons. The quantitative estimate of drug-likeness (QED) is 0.180. The fourth-order valence-electron chi connectivity index (χ4n) is 7.45. The van der Waals surface area contributed by atoms with Gasteiger partial charge >= 0.3 is 0 Å². The molecule has 48 heavy (non-hydrogen) atoms. The molecule has 0 aliphatic heterocycles. The van der Waals surface area contributed by atoms with E-state index in [1.807, 2.05) is 24.3 Å². The van der Waals surface area contributed by atoms with Crippen LogP contribution in [0.2, 0.25) is 0 Å². The van der Waals surface area contributed by atoms with Gasteiger partial charge in [-0.25, -0.2) is 0 Å². The van der Waals surface area contributed by atoms with E-state index in [0.29, 0.717) is 16.5 Å². The van der Waals surface area contributed by atoms with E-state index >= 15 is 0 Å². The second-order valence-corrected chi connectivity index (χ2v) is 12.3. The summed E-state index contributed by atoms with van der Waals surface area (Å²) in [6.07, 6.45) is 0. The van der Waals surface area contributed by atoms with E-state index in [1.165, 1.54) is 10.8 Å². The minimum Gasteiger partial charge on any atom is -0.455 e. The van der Waals surface area contributed by atoms with Gasteiger partial charge in [-0.15, -0.1) is 16.4 Å². The molecule has 0 fully saturated rings. The fraction of sp³-hybridized carbons (Fsp3) is 0. The average Bonchev–Trinajstić information content (AvgIpc) is 3.51. The van der Waals surface area contributed by atoms with Crippen molar-refractivity contribution in [3.8, 4) is 33.4 Å². The van der Waals surface area contributed by atoms with Crippen molar-refractivity contribution in [2.45, 2.75) is 0 Å². The monoisotopic (exact) mass is 596 g/mol. The van der Waals surface area contributed by atoms with Crippen LogP contribution in [0.1, 0.15) is 0 Å². The highest BCUT2D eigenvalue weighted by molar-refractivity contribution is 6.69. The lowest BCUT2D eigenvalue weighted by Crippen LogP contribution is -2.55. The van der Waals surface area contributed by atoms with Crippen LogP contribution in [0.4, 0.5) is 0 Å². The largest absolute Gasteiger partial charge is 0.455 e. The van der Waals surface area contributed by atoms with Crippen LogP contribution in [0.25, 0.3) is 87.6 Å². The van der Waals surface area contributed by atoms with Crippen molar-refractivity contribution in [1.82, 2.24) is 0 Å². The van der Waals surface area contributed by atoms with E-state index in [1.54, 1.807) is 0 Å². The first-order valence-electron chi connectivity index (χ1n) is 15.8. The van der Waals surface area contributed by atoms with Crippen molar-refractivity contribution in [3.05, 3.63) is 127 Å². The van der Waals surface area contributed by atoms with Crippen molar-refractivity contribution in [2.24, 2.45) is 0 Å². The molecule has 0 saturated heterocycles. The first kappa shape index (κ1) is 28.9. The summed E-state index contributed by atoms with van der Waals surface area (Å²) in [5, 5.41) is 8.54. The molecule has 1 nitrogen and oxygen atoms in total. The molecular weight excluding hydrogens is 575 g/mol. The van der Waals surface area contributed by atoms with Crippen LogP contribution < -0.4 is 27.3 Å². The van der Waals surface area contributed by atoms with Crippen molar-refractivity contribution in [1.29, 1.82) is 0 Å². The number of fused-ring (bicyclic) bond motifs is 6. The van der Waals surface area contributed by atoms with Crippen LogP contribution in [-0.2, 0) is 0 Å². The molecule has 9 aromatic rings. The summed E-state index contributed by atoms with van der Waals surface area (Å²) >= 11 is 0. The number of para-hydroxylation sites is 1. The van der Waals surface area contributed by atoms with Gasteiger partial charge in [-0.1, -0.05) is 126 Å². The number of hydrogen-bond acceptors (Lipinski definition) is 1. The SMILES string of the molecule is [B]c1c([B])c([B])c(-c2c3ccccc3c(-c3ccc4oc5c(-c6cccc7ccccc67)cccc5c4c3)c3ccccc23)c([B])c1[B]. The van der Waals surface area contributed by atoms with E-state index in [-0.39, 0.29) is 16.4 Å². The molecule has 6 heteroatoms. The lowest BCUT2D eigenvalue weighted by molar-refractivity contribution is 0.670. The summed E-state index contributed by atoms with van der Waals surface area (Å²) in [4.78, 5) is 0. The first-order valence-corrected chi connectivity index (χ1v) is 15.8. The number of furan rings is 1. The number of hydrogen-bond donors (Lipinski definition) is 0. The van der Waals surface area contributed by atoms with E-state index in [9.17, 15) is 0 Å². The standard InChI is InChI=1S/C42H21B5O/c43-37-36(38(44)40(46)41(47)39(37)45)35-28-14-5-3-12-26(28)34(27-13-4-6-15-29(27)35)23-19-20-33-32(21-23)31-18-8-17-30(42(31)48-33)25-16-7-10-22-9-1-2-11-24(22)25/h1-21H. The van der Waals surface area contributed by atoms with Crippen LogP contribution in [-0.4, -0.2) is 39.2 Å². The summed E-state index contributed by atoms with van der Waals surface area (Å²) in [6.45, 7) is 0. The Kier molecular flexibility index (Phi) is 6.53. The molecule has 0 bridgehead atoms. The molecule has 1 heterocycles. The molecule has 9 rings (SSSR count). The van der Waals surface area contributed by atoms with Gasteiger partial charge in [0.25, 0.3) is 0 Å². The average molecular weight is 596 g/mol. The van der Waals surface area contributed by atoms with Crippen molar-refractivity contribution >= 4 is 121 Å². The van der Waals surface area contributed by atoms with Gasteiger partial charge < -0.3 is 4.42 Å². The Hall–Kier alpha value is -5.34. The Balaban J connectivity index is 1.33. The third-order valence-corrected chi connectivity index (χ3v) is 9.75.